The van der Waals surface area contributed by atoms with Gasteiger partial charge in [0.2, 0.25) is 5.91 Å². The Hall–Kier alpha value is -1.65. The van der Waals surface area contributed by atoms with Crippen LogP contribution in [-0.2, 0) is 21.3 Å². The molecule has 0 saturated carbocycles. The van der Waals surface area contributed by atoms with E-state index in [4.69, 9.17) is 11.6 Å². The molecule has 0 aliphatic carbocycles. The summed E-state index contributed by atoms with van der Waals surface area (Å²) in [6, 6.07) is 16.6. The minimum atomic E-state index is -1.30. The largest absolute Gasteiger partial charge is 0.314 e. The summed E-state index contributed by atoms with van der Waals surface area (Å²) in [5, 5.41) is 0.0269. The van der Waals surface area contributed by atoms with Crippen molar-refractivity contribution in [2.24, 2.45) is 0 Å². The molecule has 0 fully saturated rings. The van der Waals surface area contributed by atoms with E-state index in [0.29, 0.717) is 10.8 Å². The molecule has 0 unspecified atom stereocenters. The minimum Gasteiger partial charge on any atom is -0.314 e. The first-order valence-electron chi connectivity index (χ1n) is 6.93. The van der Waals surface area contributed by atoms with Crippen LogP contribution in [0.4, 0.5) is 5.69 Å². The van der Waals surface area contributed by atoms with Crippen molar-refractivity contribution in [1.82, 2.24) is 0 Å². The predicted octanol–water partition coefficient (Wildman–Crippen LogP) is 3.64. The third-order valence-electron chi connectivity index (χ3n) is 3.41. The van der Waals surface area contributed by atoms with E-state index in [9.17, 15) is 9.00 Å². The Kier molecular flexibility index (Phi) is 5.75. The average molecular weight is 336 g/mol. The Balaban J connectivity index is 2.05. The van der Waals surface area contributed by atoms with Gasteiger partial charge in [0.1, 0.15) is 5.25 Å². The number of benzene rings is 2. The van der Waals surface area contributed by atoms with E-state index in [1.165, 1.54) is 0 Å². The van der Waals surface area contributed by atoms with Crippen LogP contribution in [0.3, 0.4) is 0 Å². The minimum absolute atomic E-state index is 0.161. The third kappa shape index (κ3) is 4.18. The molecule has 0 heterocycles. The molecule has 1 amide bonds. The molecule has 0 aliphatic rings. The van der Waals surface area contributed by atoms with E-state index in [1.54, 1.807) is 31.0 Å². The second-order valence-electron chi connectivity index (χ2n) is 5.03. The van der Waals surface area contributed by atoms with Gasteiger partial charge in [0.05, 0.1) is 0 Å². The highest BCUT2D eigenvalue weighted by molar-refractivity contribution is 7.85. The van der Waals surface area contributed by atoms with Crippen LogP contribution in [0.5, 0.6) is 0 Å². The molecule has 5 heteroatoms. The van der Waals surface area contributed by atoms with Gasteiger partial charge in [0.25, 0.3) is 0 Å². The molecule has 0 spiro atoms. The molecule has 2 atom stereocenters. The van der Waals surface area contributed by atoms with Crippen LogP contribution in [0.15, 0.2) is 54.6 Å². The van der Waals surface area contributed by atoms with E-state index in [1.807, 2.05) is 42.5 Å². The second kappa shape index (κ2) is 7.56. The van der Waals surface area contributed by atoms with Gasteiger partial charge in [-0.05, 0) is 36.8 Å². The Bertz CT molecular complexity index is 675. The van der Waals surface area contributed by atoms with Crippen LogP contribution in [0, 0.1) is 0 Å². The highest BCUT2D eigenvalue weighted by Gasteiger charge is 2.24. The molecule has 116 valence electrons. The monoisotopic (exact) mass is 335 g/mol. The molecule has 0 aromatic heterocycles. The molecule has 0 saturated heterocycles. The summed E-state index contributed by atoms with van der Waals surface area (Å²) in [4.78, 5) is 14.0. The first-order chi connectivity index (χ1) is 10.5. The van der Waals surface area contributed by atoms with Crippen LogP contribution < -0.4 is 4.90 Å². The molecule has 0 bridgehead atoms. The van der Waals surface area contributed by atoms with Gasteiger partial charge in [-0.2, -0.15) is 0 Å². The van der Waals surface area contributed by atoms with E-state index < -0.39 is 16.0 Å². The maximum Gasteiger partial charge on any atom is 0.242 e. The number of halogens is 1. The van der Waals surface area contributed by atoms with E-state index in [2.05, 4.69) is 0 Å². The van der Waals surface area contributed by atoms with Crippen LogP contribution in [0.25, 0.3) is 0 Å². The van der Waals surface area contributed by atoms with E-state index in [0.717, 1.165) is 11.3 Å². The van der Waals surface area contributed by atoms with Gasteiger partial charge in [0.15, 0.2) is 0 Å². The molecule has 22 heavy (non-hydrogen) atoms. The zero-order valence-corrected chi connectivity index (χ0v) is 14.1. The van der Waals surface area contributed by atoms with Crippen molar-refractivity contribution in [3.05, 3.63) is 65.2 Å². The van der Waals surface area contributed by atoms with E-state index in [-0.39, 0.29) is 5.91 Å². The van der Waals surface area contributed by atoms with Crippen molar-refractivity contribution in [3.63, 3.8) is 0 Å². The van der Waals surface area contributed by atoms with Gasteiger partial charge < -0.3 is 4.90 Å². The molecule has 0 radical (unpaired) electrons. The summed E-state index contributed by atoms with van der Waals surface area (Å²) >= 11 is 5.93. The Morgan fingerprint density at radius 3 is 2.50 bits per heavy atom. The number of anilines is 1. The molecule has 2 rings (SSSR count). The summed E-state index contributed by atoms with van der Waals surface area (Å²) in [6.45, 7) is 1.70. The van der Waals surface area contributed by atoms with Gasteiger partial charge in [-0.1, -0.05) is 41.9 Å². The first-order valence-corrected chi connectivity index (χ1v) is 8.69. The van der Waals surface area contributed by atoms with Crippen molar-refractivity contribution in [3.8, 4) is 0 Å². The zero-order valence-electron chi connectivity index (χ0n) is 12.5. The zero-order chi connectivity index (χ0) is 16.1. The smallest absolute Gasteiger partial charge is 0.242 e. The number of carbonyl (C=O) groups is 1. The fourth-order valence-corrected chi connectivity index (χ4v) is 3.43. The fraction of sp³-hybridized carbons (Fsp3) is 0.235. The summed E-state index contributed by atoms with van der Waals surface area (Å²) in [5.74, 6) is 0.155. The summed E-state index contributed by atoms with van der Waals surface area (Å²) in [5.41, 5.74) is 1.66. The second-order valence-corrected chi connectivity index (χ2v) is 7.22. The quantitative estimate of drug-likeness (QED) is 0.836. The lowest BCUT2D eigenvalue weighted by Crippen LogP contribution is -2.37. The number of nitrogens with zero attached hydrogens (tertiary/aromatic N) is 1. The number of carbonyl (C=O) groups excluding carboxylic acids is 1. The van der Waals surface area contributed by atoms with E-state index >= 15 is 0 Å². The lowest BCUT2D eigenvalue weighted by molar-refractivity contribution is -0.117. The van der Waals surface area contributed by atoms with Crippen LogP contribution in [-0.4, -0.2) is 22.4 Å². The van der Waals surface area contributed by atoms with Crippen molar-refractivity contribution < 1.29 is 9.00 Å². The molecular weight excluding hydrogens is 318 g/mol. The number of para-hydroxylation sites is 1. The molecule has 0 aliphatic heterocycles. The molecular formula is C17H18ClNO2S. The topological polar surface area (TPSA) is 37.4 Å². The Morgan fingerprint density at radius 2 is 1.86 bits per heavy atom. The SMILES string of the molecule is C[C@@H](C(=O)N(C)c1ccccc1)[S@@](=O)Cc1cccc(Cl)c1. The lowest BCUT2D eigenvalue weighted by Gasteiger charge is -2.21. The number of hydrogen-bond donors (Lipinski definition) is 0. The fourth-order valence-electron chi connectivity index (χ4n) is 2.08. The third-order valence-corrected chi connectivity index (χ3v) is 5.26. The van der Waals surface area contributed by atoms with Gasteiger partial charge in [-0.3, -0.25) is 9.00 Å². The highest BCUT2D eigenvalue weighted by atomic mass is 35.5. The van der Waals surface area contributed by atoms with Gasteiger partial charge in [-0.25, -0.2) is 0 Å². The van der Waals surface area contributed by atoms with Gasteiger partial charge in [0, 0.05) is 34.3 Å². The van der Waals surface area contributed by atoms with Gasteiger partial charge in [-0.15, -0.1) is 0 Å². The molecule has 2 aromatic rings. The normalized spacial score (nSPS) is 13.4. The number of amides is 1. The number of hydrogen-bond acceptors (Lipinski definition) is 2. The van der Waals surface area contributed by atoms with Crippen molar-refractivity contribution in [1.29, 1.82) is 0 Å². The Labute approximate surface area is 138 Å². The Morgan fingerprint density at radius 1 is 1.18 bits per heavy atom. The number of rotatable bonds is 5. The lowest BCUT2D eigenvalue weighted by atomic mass is 10.2. The summed E-state index contributed by atoms with van der Waals surface area (Å²) in [6.07, 6.45) is 0. The highest BCUT2D eigenvalue weighted by Crippen LogP contribution is 2.17. The van der Waals surface area contributed by atoms with Crippen LogP contribution in [0.2, 0.25) is 5.02 Å². The average Bonchev–Trinajstić information content (AvgIpc) is 2.53. The molecule has 2 aromatic carbocycles. The van der Waals surface area contributed by atoms with Gasteiger partial charge >= 0.3 is 0 Å². The molecule has 0 N–H and O–H groups in total. The van der Waals surface area contributed by atoms with Crippen LogP contribution in [0.1, 0.15) is 12.5 Å². The standard InChI is InChI=1S/C17H18ClNO2S/c1-13(17(20)19(2)16-9-4-3-5-10-16)22(21)12-14-7-6-8-15(18)11-14/h3-11,13H,12H2,1-2H3/t13-,22-/m0/s1. The maximum atomic E-state index is 12.4. The molecule has 3 nitrogen and oxygen atoms in total. The van der Waals surface area contributed by atoms with Crippen LogP contribution >= 0.6 is 11.6 Å². The predicted molar refractivity (Wildman–Crippen MR) is 92.6 cm³/mol. The maximum absolute atomic E-state index is 12.4. The first kappa shape index (κ1) is 16.7. The van der Waals surface area contributed by atoms with Crippen molar-refractivity contribution in [2.45, 2.75) is 17.9 Å². The van der Waals surface area contributed by atoms with Crippen molar-refractivity contribution >= 4 is 34.0 Å². The summed E-state index contributed by atoms with van der Waals surface area (Å²) in [7, 11) is 0.401. The summed E-state index contributed by atoms with van der Waals surface area (Å²) < 4.78 is 12.4. The van der Waals surface area contributed by atoms with Crippen molar-refractivity contribution in [2.75, 3.05) is 11.9 Å².